The smallest absolute Gasteiger partial charge is 0.119 e. The van der Waals surface area contributed by atoms with Crippen LogP contribution in [0, 0.1) is 5.92 Å². The van der Waals surface area contributed by atoms with E-state index in [9.17, 15) is 0 Å². The Labute approximate surface area is 149 Å². The predicted octanol–water partition coefficient (Wildman–Crippen LogP) is 5.00. The molecule has 2 aromatic rings. The zero-order valence-electron chi connectivity index (χ0n) is 15.0. The number of benzene rings is 1. The van der Waals surface area contributed by atoms with Crippen LogP contribution in [0.4, 0.5) is 0 Å². The summed E-state index contributed by atoms with van der Waals surface area (Å²) in [6.07, 6.45) is 4.87. The van der Waals surface area contributed by atoms with Gasteiger partial charge in [0.15, 0.2) is 0 Å². The van der Waals surface area contributed by atoms with Crippen molar-refractivity contribution in [2.24, 2.45) is 5.92 Å². The molecule has 0 fully saturated rings. The zero-order chi connectivity index (χ0) is 16.7. The Bertz CT molecular complexity index is 733. The van der Waals surface area contributed by atoms with Gasteiger partial charge in [-0.15, -0.1) is 11.3 Å². The Morgan fingerprint density at radius 2 is 2.12 bits per heavy atom. The van der Waals surface area contributed by atoms with E-state index in [1.165, 1.54) is 36.9 Å². The van der Waals surface area contributed by atoms with E-state index in [2.05, 4.69) is 54.3 Å². The number of thiophene rings is 1. The third kappa shape index (κ3) is 3.00. The lowest BCUT2D eigenvalue weighted by molar-refractivity contribution is 0.162. The highest BCUT2D eigenvalue weighted by atomic mass is 32.1. The van der Waals surface area contributed by atoms with Crippen LogP contribution in [0.25, 0.3) is 0 Å². The van der Waals surface area contributed by atoms with Crippen molar-refractivity contribution in [2.75, 3.05) is 13.7 Å². The highest BCUT2D eigenvalue weighted by molar-refractivity contribution is 7.12. The first-order valence-corrected chi connectivity index (χ1v) is 9.97. The number of ether oxygens (including phenoxy) is 1. The summed E-state index contributed by atoms with van der Waals surface area (Å²) in [6, 6.07) is 9.71. The van der Waals surface area contributed by atoms with E-state index in [0.717, 1.165) is 24.6 Å². The fraction of sp³-hybridized carbons (Fsp3) is 0.524. The van der Waals surface area contributed by atoms with Gasteiger partial charge in [0.2, 0.25) is 0 Å². The quantitative estimate of drug-likeness (QED) is 0.776. The minimum atomic E-state index is 0.559. The first-order chi connectivity index (χ1) is 11.6. The van der Waals surface area contributed by atoms with Gasteiger partial charge in [0.05, 0.1) is 7.11 Å². The summed E-state index contributed by atoms with van der Waals surface area (Å²) in [4.78, 5) is 5.89. The van der Waals surface area contributed by atoms with E-state index >= 15 is 0 Å². The summed E-state index contributed by atoms with van der Waals surface area (Å²) < 4.78 is 5.41. The number of aryl methyl sites for hydroxylation is 1. The molecule has 24 heavy (non-hydrogen) atoms. The summed E-state index contributed by atoms with van der Waals surface area (Å²) in [5.74, 6) is 1.78. The van der Waals surface area contributed by atoms with E-state index in [-0.39, 0.29) is 0 Å². The summed E-state index contributed by atoms with van der Waals surface area (Å²) in [7, 11) is 1.76. The number of nitrogens with zero attached hydrogens (tertiary/aromatic N) is 1. The molecule has 0 bridgehead atoms. The molecule has 128 valence electrons. The lowest BCUT2D eigenvalue weighted by Crippen LogP contribution is -2.38. The number of rotatable bonds is 4. The van der Waals surface area contributed by atoms with Crippen LogP contribution < -0.4 is 4.74 Å². The Hall–Kier alpha value is -1.32. The number of methoxy groups -OCH3 is 1. The van der Waals surface area contributed by atoms with Crippen LogP contribution in [0.5, 0.6) is 5.75 Å². The lowest BCUT2D eigenvalue weighted by Gasteiger charge is -2.40. The minimum Gasteiger partial charge on any atom is -0.497 e. The molecule has 0 aliphatic carbocycles. The van der Waals surface area contributed by atoms with Gasteiger partial charge in [-0.2, -0.15) is 0 Å². The predicted molar refractivity (Wildman–Crippen MR) is 101 cm³/mol. The van der Waals surface area contributed by atoms with E-state index in [1.807, 2.05) is 0 Å². The van der Waals surface area contributed by atoms with Crippen molar-refractivity contribution in [3.63, 3.8) is 0 Å². The second-order valence-electron chi connectivity index (χ2n) is 7.60. The third-order valence-corrected chi connectivity index (χ3v) is 6.75. The van der Waals surface area contributed by atoms with Crippen molar-refractivity contribution in [3.8, 4) is 5.75 Å². The first kappa shape index (κ1) is 16.2. The highest BCUT2D eigenvalue weighted by Gasteiger charge is 2.33. The maximum absolute atomic E-state index is 5.41. The first-order valence-electron chi connectivity index (χ1n) is 9.15. The maximum Gasteiger partial charge on any atom is 0.119 e. The molecule has 0 saturated carbocycles. The van der Waals surface area contributed by atoms with E-state index in [0.29, 0.717) is 6.04 Å². The molecule has 0 spiro atoms. The topological polar surface area (TPSA) is 12.5 Å². The van der Waals surface area contributed by atoms with Crippen LogP contribution >= 0.6 is 11.3 Å². The summed E-state index contributed by atoms with van der Waals surface area (Å²) in [5, 5.41) is 0. The van der Waals surface area contributed by atoms with Gasteiger partial charge in [0, 0.05) is 35.3 Å². The van der Waals surface area contributed by atoms with Crippen molar-refractivity contribution in [2.45, 2.75) is 52.1 Å². The molecule has 0 saturated heterocycles. The molecule has 1 unspecified atom stereocenters. The molecule has 1 aromatic heterocycles. The van der Waals surface area contributed by atoms with Gasteiger partial charge < -0.3 is 4.74 Å². The second-order valence-corrected chi connectivity index (χ2v) is 8.82. The SMILES string of the molecule is COc1ccc2c(c1)CCN1Cc3cc(CCC(C)C)sc3CC21. The average molecular weight is 342 g/mol. The molecular weight excluding hydrogens is 314 g/mol. The fourth-order valence-electron chi connectivity index (χ4n) is 4.08. The van der Waals surface area contributed by atoms with Crippen molar-refractivity contribution < 1.29 is 4.74 Å². The molecular formula is C21H27NOS. The Morgan fingerprint density at radius 3 is 2.92 bits per heavy atom. The Balaban J connectivity index is 1.58. The van der Waals surface area contributed by atoms with Gasteiger partial charge in [0.25, 0.3) is 0 Å². The summed E-state index contributed by atoms with van der Waals surface area (Å²) in [6.45, 7) is 6.93. The lowest BCUT2D eigenvalue weighted by atomic mass is 9.87. The maximum atomic E-state index is 5.41. The largest absolute Gasteiger partial charge is 0.497 e. The second kappa shape index (κ2) is 6.53. The molecule has 3 heterocycles. The standard InChI is InChI=1S/C21H27NOS/c1-14(2)4-6-18-11-16-13-22-9-8-15-10-17(23-3)5-7-19(15)20(22)12-21(16)24-18/h5,7,10-11,14,20H,4,6,8-9,12-13H2,1-3H3. The van der Waals surface area contributed by atoms with Crippen molar-refractivity contribution in [1.29, 1.82) is 0 Å². The van der Waals surface area contributed by atoms with E-state index in [4.69, 9.17) is 4.74 Å². The number of hydrogen-bond acceptors (Lipinski definition) is 3. The van der Waals surface area contributed by atoms with Gasteiger partial charge in [0.1, 0.15) is 5.75 Å². The van der Waals surface area contributed by atoms with Crippen molar-refractivity contribution in [3.05, 3.63) is 50.7 Å². The average Bonchev–Trinajstić information content (AvgIpc) is 2.99. The Kier molecular flexibility index (Phi) is 4.40. The third-order valence-electron chi connectivity index (χ3n) is 5.49. The molecule has 0 N–H and O–H groups in total. The monoisotopic (exact) mass is 341 g/mol. The van der Waals surface area contributed by atoms with Gasteiger partial charge in [-0.25, -0.2) is 0 Å². The van der Waals surface area contributed by atoms with Gasteiger partial charge >= 0.3 is 0 Å². The molecule has 2 nitrogen and oxygen atoms in total. The molecule has 4 rings (SSSR count). The van der Waals surface area contributed by atoms with Crippen molar-refractivity contribution in [1.82, 2.24) is 4.90 Å². The molecule has 2 aliphatic heterocycles. The van der Waals surface area contributed by atoms with Crippen LogP contribution in [0.1, 0.15) is 52.8 Å². The molecule has 3 heteroatoms. The van der Waals surface area contributed by atoms with Crippen LogP contribution in [-0.2, 0) is 25.8 Å². The highest BCUT2D eigenvalue weighted by Crippen LogP contribution is 2.41. The van der Waals surface area contributed by atoms with Gasteiger partial charge in [-0.3, -0.25) is 4.90 Å². The number of fused-ring (bicyclic) bond motifs is 4. The summed E-state index contributed by atoms with van der Waals surface area (Å²) in [5.41, 5.74) is 4.59. The molecule has 2 aliphatic rings. The van der Waals surface area contributed by atoms with E-state index in [1.54, 1.807) is 22.4 Å². The van der Waals surface area contributed by atoms with Crippen LogP contribution in [0.2, 0.25) is 0 Å². The zero-order valence-corrected chi connectivity index (χ0v) is 15.8. The normalized spacial score (nSPS) is 19.8. The van der Waals surface area contributed by atoms with Gasteiger partial charge in [-0.05, 0) is 60.1 Å². The van der Waals surface area contributed by atoms with Crippen LogP contribution in [0.15, 0.2) is 24.3 Å². The van der Waals surface area contributed by atoms with Crippen molar-refractivity contribution >= 4 is 11.3 Å². The Morgan fingerprint density at radius 1 is 1.25 bits per heavy atom. The minimum absolute atomic E-state index is 0.559. The molecule has 1 aromatic carbocycles. The summed E-state index contributed by atoms with van der Waals surface area (Å²) >= 11 is 2.06. The number of hydrogen-bond donors (Lipinski definition) is 0. The van der Waals surface area contributed by atoms with Crippen LogP contribution in [0.3, 0.4) is 0 Å². The molecule has 1 atom stereocenters. The molecule has 0 radical (unpaired) electrons. The van der Waals surface area contributed by atoms with E-state index < -0.39 is 0 Å². The molecule has 0 amide bonds. The fourth-order valence-corrected chi connectivity index (χ4v) is 5.31. The van der Waals surface area contributed by atoms with Crippen LogP contribution in [-0.4, -0.2) is 18.6 Å². The van der Waals surface area contributed by atoms with Gasteiger partial charge in [-0.1, -0.05) is 19.9 Å².